The second kappa shape index (κ2) is 5.95. The van der Waals surface area contributed by atoms with E-state index in [9.17, 15) is 5.11 Å². The molecular weight excluding hydrogens is 156 g/mol. The van der Waals surface area contributed by atoms with Gasteiger partial charge >= 0.3 is 0 Å². The fourth-order valence-corrected chi connectivity index (χ4v) is 0.798. The van der Waals surface area contributed by atoms with Gasteiger partial charge in [-0.05, 0) is 6.92 Å². The van der Waals surface area contributed by atoms with Gasteiger partial charge < -0.3 is 15.2 Å². The quantitative estimate of drug-likeness (QED) is 0.433. The molecule has 0 aliphatic heterocycles. The molecule has 0 heterocycles. The number of rotatable bonds is 6. The Hall–Kier alpha value is -0.630. The summed E-state index contributed by atoms with van der Waals surface area (Å²) in [5.74, 6) is 0. The summed E-state index contributed by atoms with van der Waals surface area (Å²) < 4.78 is 4.83. The third-order valence-electron chi connectivity index (χ3n) is 1.55. The van der Waals surface area contributed by atoms with Gasteiger partial charge in [-0.15, -0.1) is 0 Å². The summed E-state index contributed by atoms with van der Waals surface area (Å²) in [4.78, 5) is 0. The molecule has 0 saturated heterocycles. The Kier molecular flexibility index (Phi) is 5.64. The Morgan fingerprint density at radius 2 is 2.33 bits per heavy atom. The molecule has 0 radical (unpaired) electrons. The van der Waals surface area contributed by atoms with Gasteiger partial charge in [-0.25, -0.2) is 0 Å². The highest BCUT2D eigenvalue weighted by Crippen LogP contribution is 2.06. The molecule has 0 spiro atoms. The molecule has 4 nitrogen and oxygen atoms in total. The summed E-state index contributed by atoms with van der Waals surface area (Å²) in [6, 6.07) is 1.94. The highest BCUT2D eigenvalue weighted by molar-refractivity contribution is 4.79. The first kappa shape index (κ1) is 11.4. The van der Waals surface area contributed by atoms with Gasteiger partial charge in [0.1, 0.15) is 0 Å². The predicted octanol–water partition coefficient (Wildman–Crippen LogP) is -0.113. The number of aliphatic hydroxyl groups is 1. The SMILES string of the molecule is COCCC(C)(O)CNCC#N. The Labute approximate surface area is 73.1 Å². The van der Waals surface area contributed by atoms with Gasteiger partial charge in [0.05, 0.1) is 18.2 Å². The Bertz CT molecular complexity index is 152. The smallest absolute Gasteiger partial charge is 0.0841 e. The predicted molar refractivity (Wildman–Crippen MR) is 45.6 cm³/mol. The second-order valence-corrected chi connectivity index (χ2v) is 3.00. The molecule has 0 fully saturated rings. The van der Waals surface area contributed by atoms with Crippen LogP contribution in [-0.2, 0) is 4.74 Å². The second-order valence-electron chi connectivity index (χ2n) is 3.00. The van der Waals surface area contributed by atoms with E-state index >= 15 is 0 Å². The van der Waals surface area contributed by atoms with E-state index in [1.54, 1.807) is 14.0 Å². The van der Waals surface area contributed by atoms with E-state index in [1.165, 1.54) is 0 Å². The molecule has 0 aromatic heterocycles. The maximum absolute atomic E-state index is 9.62. The number of nitrogens with zero attached hydrogens (tertiary/aromatic N) is 1. The number of nitrogens with one attached hydrogen (secondary N) is 1. The van der Waals surface area contributed by atoms with Crippen molar-refractivity contribution in [3.63, 3.8) is 0 Å². The van der Waals surface area contributed by atoms with Gasteiger partial charge in [-0.1, -0.05) is 0 Å². The topological polar surface area (TPSA) is 65.3 Å². The zero-order chi connectivity index (χ0) is 9.45. The van der Waals surface area contributed by atoms with Gasteiger partial charge in [0.2, 0.25) is 0 Å². The molecule has 0 aliphatic rings. The van der Waals surface area contributed by atoms with Crippen LogP contribution in [0.4, 0.5) is 0 Å². The van der Waals surface area contributed by atoms with E-state index in [0.717, 1.165) is 0 Å². The van der Waals surface area contributed by atoms with Crippen molar-refractivity contribution < 1.29 is 9.84 Å². The molecule has 1 atom stereocenters. The normalized spacial score (nSPS) is 15.2. The third-order valence-corrected chi connectivity index (χ3v) is 1.55. The van der Waals surface area contributed by atoms with Gasteiger partial charge in [0, 0.05) is 26.7 Å². The molecule has 0 amide bonds. The average Bonchev–Trinajstić information content (AvgIpc) is 2.01. The lowest BCUT2D eigenvalue weighted by Crippen LogP contribution is -2.38. The van der Waals surface area contributed by atoms with E-state index < -0.39 is 5.60 Å². The molecule has 0 aromatic rings. The van der Waals surface area contributed by atoms with E-state index in [2.05, 4.69) is 5.32 Å². The van der Waals surface area contributed by atoms with Crippen molar-refractivity contribution in [1.82, 2.24) is 5.32 Å². The van der Waals surface area contributed by atoms with Crippen LogP contribution in [-0.4, -0.2) is 37.5 Å². The van der Waals surface area contributed by atoms with Crippen LogP contribution in [0.1, 0.15) is 13.3 Å². The van der Waals surface area contributed by atoms with Crippen molar-refractivity contribution in [3.8, 4) is 6.07 Å². The molecule has 0 aromatic carbocycles. The van der Waals surface area contributed by atoms with Crippen molar-refractivity contribution in [2.24, 2.45) is 0 Å². The van der Waals surface area contributed by atoms with E-state index in [-0.39, 0.29) is 6.54 Å². The van der Waals surface area contributed by atoms with Crippen LogP contribution in [0.15, 0.2) is 0 Å². The van der Waals surface area contributed by atoms with Crippen molar-refractivity contribution in [3.05, 3.63) is 0 Å². The lowest BCUT2D eigenvalue weighted by atomic mass is 10.0. The summed E-state index contributed by atoms with van der Waals surface area (Å²) in [6.45, 7) is 2.94. The zero-order valence-electron chi connectivity index (χ0n) is 7.63. The molecule has 1 unspecified atom stereocenters. The zero-order valence-corrected chi connectivity index (χ0v) is 7.63. The highest BCUT2D eigenvalue weighted by atomic mass is 16.5. The Morgan fingerprint density at radius 3 is 2.83 bits per heavy atom. The summed E-state index contributed by atoms with van der Waals surface area (Å²) in [7, 11) is 1.60. The number of hydrogen-bond donors (Lipinski definition) is 2. The number of hydrogen-bond acceptors (Lipinski definition) is 4. The van der Waals surface area contributed by atoms with Crippen LogP contribution in [0.5, 0.6) is 0 Å². The highest BCUT2D eigenvalue weighted by Gasteiger charge is 2.18. The molecule has 2 N–H and O–H groups in total. The summed E-state index contributed by atoms with van der Waals surface area (Å²) in [5, 5.41) is 20.7. The van der Waals surface area contributed by atoms with Crippen LogP contribution in [0, 0.1) is 11.3 Å². The lowest BCUT2D eigenvalue weighted by Gasteiger charge is -2.22. The van der Waals surface area contributed by atoms with Crippen LogP contribution in [0.3, 0.4) is 0 Å². The largest absolute Gasteiger partial charge is 0.389 e. The first-order valence-electron chi connectivity index (χ1n) is 3.91. The summed E-state index contributed by atoms with van der Waals surface area (Å²) >= 11 is 0. The molecular formula is C8H16N2O2. The average molecular weight is 172 g/mol. The van der Waals surface area contributed by atoms with E-state index in [4.69, 9.17) is 10.00 Å². The Balaban J connectivity index is 3.50. The van der Waals surface area contributed by atoms with Gasteiger partial charge in [0.25, 0.3) is 0 Å². The molecule has 4 heteroatoms. The molecule has 0 aliphatic carbocycles. The minimum atomic E-state index is -0.785. The first-order valence-corrected chi connectivity index (χ1v) is 3.91. The monoisotopic (exact) mass is 172 g/mol. The van der Waals surface area contributed by atoms with Crippen LogP contribution < -0.4 is 5.32 Å². The molecule has 0 rings (SSSR count). The van der Waals surface area contributed by atoms with Crippen LogP contribution in [0.2, 0.25) is 0 Å². The van der Waals surface area contributed by atoms with Crippen LogP contribution >= 0.6 is 0 Å². The molecule has 0 bridgehead atoms. The molecule has 0 saturated carbocycles. The lowest BCUT2D eigenvalue weighted by molar-refractivity contribution is 0.0258. The Morgan fingerprint density at radius 1 is 1.67 bits per heavy atom. The van der Waals surface area contributed by atoms with Gasteiger partial charge in [-0.2, -0.15) is 5.26 Å². The van der Waals surface area contributed by atoms with Crippen molar-refractivity contribution in [2.75, 3.05) is 26.8 Å². The molecule has 70 valence electrons. The summed E-state index contributed by atoms with van der Waals surface area (Å²) in [6.07, 6.45) is 0.571. The number of nitriles is 1. The van der Waals surface area contributed by atoms with E-state index in [1.807, 2.05) is 6.07 Å². The van der Waals surface area contributed by atoms with Crippen molar-refractivity contribution in [2.45, 2.75) is 18.9 Å². The van der Waals surface area contributed by atoms with Crippen molar-refractivity contribution in [1.29, 1.82) is 5.26 Å². The number of methoxy groups -OCH3 is 1. The minimum absolute atomic E-state index is 0.267. The van der Waals surface area contributed by atoms with Gasteiger partial charge in [-0.3, -0.25) is 0 Å². The molecule has 12 heavy (non-hydrogen) atoms. The van der Waals surface area contributed by atoms with Gasteiger partial charge in [0.15, 0.2) is 0 Å². The third kappa shape index (κ3) is 6.10. The van der Waals surface area contributed by atoms with Crippen molar-refractivity contribution >= 4 is 0 Å². The standard InChI is InChI=1S/C8H16N2O2/c1-8(11,3-6-12-2)7-10-5-4-9/h10-11H,3,5-7H2,1-2H3. The fourth-order valence-electron chi connectivity index (χ4n) is 0.798. The van der Waals surface area contributed by atoms with E-state index in [0.29, 0.717) is 19.6 Å². The maximum atomic E-state index is 9.62. The maximum Gasteiger partial charge on any atom is 0.0841 e. The summed E-state index contributed by atoms with van der Waals surface area (Å²) in [5.41, 5.74) is -0.785. The fraction of sp³-hybridized carbons (Fsp3) is 0.875. The number of ether oxygens (including phenoxy) is 1. The minimum Gasteiger partial charge on any atom is -0.389 e. The van der Waals surface area contributed by atoms with Crippen LogP contribution in [0.25, 0.3) is 0 Å². The first-order chi connectivity index (χ1) is 5.62.